The standard InChI is InChI=1S/C33H40N4O3/c1-20(2)28-25-17-23(22-12-15-37(16-13-22)32(39)40-33(4,5)6)10-11-27(25)35-30(28)26-19-36(7)31(38)29(21(26)3)24-9-8-14-34-18-24/h8-11,14,17-20,22,35H,12-13,15-16H2,1-7H3. The quantitative estimate of drug-likeness (QED) is 0.298. The Morgan fingerprint density at radius 3 is 2.50 bits per heavy atom. The number of rotatable bonds is 4. The number of nitrogens with zero attached hydrogens (tertiary/aromatic N) is 3. The molecular formula is C33H40N4O3. The van der Waals surface area contributed by atoms with Gasteiger partial charge in [0, 0.05) is 60.8 Å². The number of aryl methyl sites for hydroxylation is 1. The van der Waals surface area contributed by atoms with Crippen LogP contribution in [-0.2, 0) is 11.8 Å². The van der Waals surface area contributed by atoms with Gasteiger partial charge in [-0.05, 0) is 87.3 Å². The number of aromatic nitrogens is 3. The van der Waals surface area contributed by atoms with Crippen molar-refractivity contribution in [2.24, 2.45) is 7.05 Å². The van der Waals surface area contributed by atoms with Crippen LogP contribution in [0.2, 0.25) is 0 Å². The molecule has 0 atom stereocenters. The summed E-state index contributed by atoms with van der Waals surface area (Å²) in [5.74, 6) is 0.657. The Labute approximate surface area is 236 Å². The number of hydrogen-bond donors (Lipinski definition) is 1. The molecule has 0 bridgehead atoms. The number of amides is 1. The summed E-state index contributed by atoms with van der Waals surface area (Å²) < 4.78 is 7.25. The van der Waals surface area contributed by atoms with Gasteiger partial charge in [0.1, 0.15) is 5.60 Å². The average Bonchev–Trinajstić information content (AvgIpc) is 3.29. The molecule has 1 aliphatic rings. The smallest absolute Gasteiger partial charge is 0.410 e. The molecule has 1 aromatic carbocycles. The summed E-state index contributed by atoms with van der Waals surface area (Å²) in [7, 11) is 1.81. The van der Waals surface area contributed by atoms with E-state index in [2.05, 4.69) is 42.0 Å². The van der Waals surface area contributed by atoms with E-state index >= 15 is 0 Å². The number of aromatic amines is 1. The highest BCUT2D eigenvalue weighted by atomic mass is 16.6. The van der Waals surface area contributed by atoms with E-state index in [1.807, 2.05) is 58.0 Å². The lowest BCUT2D eigenvalue weighted by Crippen LogP contribution is -2.41. The van der Waals surface area contributed by atoms with Gasteiger partial charge in [0.15, 0.2) is 0 Å². The van der Waals surface area contributed by atoms with Gasteiger partial charge in [-0.2, -0.15) is 0 Å². The fraction of sp³-hybridized carbons (Fsp3) is 0.424. The first-order chi connectivity index (χ1) is 18.9. The number of hydrogen-bond acceptors (Lipinski definition) is 4. The summed E-state index contributed by atoms with van der Waals surface area (Å²) in [5, 5.41) is 1.22. The van der Waals surface area contributed by atoms with Crippen molar-refractivity contribution in [2.75, 3.05) is 13.1 Å². The molecule has 0 radical (unpaired) electrons. The van der Waals surface area contributed by atoms with E-state index in [0.29, 0.717) is 24.6 Å². The molecule has 4 heterocycles. The van der Waals surface area contributed by atoms with Crippen molar-refractivity contribution in [2.45, 2.75) is 71.8 Å². The Morgan fingerprint density at radius 1 is 1.15 bits per heavy atom. The molecule has 4 aromatic rings. The highest BCUT2D eigenvalue weighted by Gasteiger charge is 2.28. The van der Waals surface area contributed by atoms with Crippen molar-refractivity contribution < 1.29 is 9.53 Å². The first-order valence-electron chi connectivity index (χ1n) is 14.2. The summed E-state index contributed by atoms with van der Waals surface area (Å²) in [6, 6.07) is 10.5. The van der Waals surface area contributed by atoms with Gasteiger partial charge >= 0.3 is 6.09 Å². The van der Waals surface area contributed by atoms with Gasteiger partial charge in [-0.1, -0.05) is 26.0 Å². The molecule has 3 aromatic heterocycles. The minimum atomic E-state index is -0.486. The summed E-state index contributed by atoms with van der Waals surface area (Å²) in [6.45, 7) is 13.6. The number of carbonyl (C=O) groups is 1. The van der Waals surface area contributed by atoms with Crippen LogP contribution in [0.3, 0.4) is 0 Å². The molecule has 1 N–H and O–H groups in total. The van der Waals surface area contributed by atoms with Gasteiger partial charge in [-0.25, -0.2) is 4.79 Å². The van der Waals surface area contributed by atoms with Crippen LogP contribution in [0.5, 0.6) is 0 Å². The van der Waals surface area contributed by atoms with E-state index < -0.39 is 5.60 Å². The highest BCUT2D eigenvalue weighted by molar-refractivity contribution is 5.93. The molecule has 1 amide bonds. The lowest BCUT2D eigenvalue weighted by atomic mass is 9.87. The third-order valence-corrected chi connectivity index (χ3v) is 7.91. The number of likely N-dealkylation sites (tertiary alicyclic amines) is 1. The van der Waals surface area contributed by atoms with E-state index in [0.717, 1.165) is 40.7 Å². The SMILES string of the molecule is Cc1c(-c2[nH]c3ccc(C4CCN(C(=O)OC(C)(C)C)CC4)cc3c2C(C)C)cn(C)c(=O)c1-c1cccnc1. The lowest BCUT2D eigenvalue weighted by Gasteiger charge is -2.33. The fourth-order valence-corrected chi connectivity index (χ4v) is 5.94. The van der Waals surface area contributed by atoms with Crippen molar-refractivity contribution in [1.82, 2.24) is 19.4 Å². The van der Waals surface area contributed by atoms with Crippen molar-refractivity contribution in [1.29, 1.82) is 0 Å². The first kappa shape index (κ1) is 27.7. The van der Waals surface area contributed by atoms with Crippen LogP contribution in [0.15, 0.2) is 53.7 Å². The van der Waals surface area contributed by atoms with Gasteiger partial charge in [0.05, 0.1) is 11.3 Å². The van der Waals surface area contributed by atoms with Crippen LogP contribution in [0, 0.1) is 6.92 Å². The van der Waals surface area contributed by atoms with E-state index in [-0.39, 0.29) is 17.6 Å². The molecule has 0 spiro atoms. The van der Waals surface area contributed by atoms with Crippen LogP contribution in [0.1, 0.15) is 76.0 Å². The third-order valence-electron chi connectivity index (χ3n) is 7.91. The molecule has 7 nitrogen and oxygen atoms in total. The molecule has 210 valence electrons. The van der Waals surface area contributed by atoms with Crippen LogP contribution in [0.4, 0.5) is 4.79 Å². The fourth-order valence-electron chi connectivity index (χ4n) is 5.94. The third kappa shape index (κ3) is 5.29. The molecule has 0 aliphatic carbocycles. The largest absolute Gasteiger partial charge is 0.444 e. The minimum absolute atomic E-state index is 0.0310. The molecule has 40 heavy (non-hydrogen) atoms. The molecule has 7 heteroatoms. The number of benzene rings is 1. The number of fused-ring (bicyclic) bond motifs is 1. The normalized spacial score (nSPS) is 14.8. The summed E-state index contributed by atoms with van der Waals surface area (Å²) in [5.41, 5.74) is 7.65. The average molecular weight is 541 g/mol. The zero-order chi connectivity index (χ0) is 28.8. The topological polar surface area (TPSA) is 80.2 Å². The lowest BCUT2D eigenvalue weighted by molar-refractivity contribution is 0.0205. The van der Waals surface area contributed by atoms with Crippen molar-refractivity contribution >= 4 is 17.0 Å². The maximum atomic E-state index is 13.2. The predicted molar refractivity (Wildman–Crippen MR) is 161 cm³/mol. The molecule has 1 saturated heterocycles. The summed E-state index contributed by atoms with van der Waals surface area (Å²) in [6.07, 6.45) is 7.02. The zero-order valence-electron chi connectivity index (χ0n) is 24.7. The summed E-state index contributed by atoms with van der Waals surface area (Å²) >= 11 is 0. The van der Waals surface area contributed by atoms with E-state index in [1.165, 1.54) is 16.5 Å². The molecule has 5 rings (SSSR count). The number of ether oxygens (including phenoxy) is 1. The second kappa shape index (κ2) is 10.6. The molecule has 0 unspecified atom stereocenters. The first-order valence-corrected chi connectivity index (χ1v) is 14.2. The number of pyridine rings is 2. The van der Waals surface area contributed by atoms with Crippen LogP contribution < -0.4 is 5.56 Å². The molecule has 1 fully saturated rings. The Kier molecular flexibility index (Phi) is 7.34. The minimum Gasteiger partial charge on any atom is -0.444 e. The Hall–Kier alpha value is -3.87. The van der Waals surface area contributed by atoms with Gasteiger partial charge in [-0.3, -0.25) is 9.78 Å². The van der Waals surface area contributed by atoms with Crippen molar-refractivity contribution in [3.8, 4) is 22.4 Å². The zero-order valence-corrected chi connectivity index (χ0v) is 24.7. The Morgan fingerprint density at radius 2 is 1.88 bits per heavy atom. The highest BCUT2D eigenvalue weighted by Crippen LogP contribution is 2.40. The molecule has 1 aliphatic heterocycles. The monoisotopic (exact) mass is 540 g/mol. The van der Waals surface area contributed by atoms with E-state index in [9.17, 15) is 9.59 Å². The van der Waals surface area contributed by atoms with E-state index in [4.69, 9.17) is 4.74 Å². The summed E-state index contributed by atoms with van der Waals surface area (Å²) in [4.78, 5) is 35.5. The van der Waals surface area contributed by atoms with Crippen molar-refractivity contribution in [3.05, 3.63) is 76.0 Å². The Balaban J connectivity index is 1.52. The molecule has 0 saturated carbocycles. The Bertz CT molecular complexity index is 1600. The van der Waals surface area contributed by atoms with Crippen LogP contribution >= 0.6 is 0 Å². The van der Waals surface area contributed by atoms with Crippen LogP contribution in [0.25, 0.3) is 33.3 Å². The second-order valence-electron chi connectivity index (χ2n) is 12.3. The van der Waals surface area contributed by atoms with Crippen molar-refractivity contribution in [3.63, 3.8) is 0 Å². The van der Waals surface area contributed by atoms with Gasteiger partial charge in [0.2, 0.25) is 0 Å². The predicted octanol–water partition coefficient (Wildman–Crippen LogP) is 7.14. The van der Waals surface area contributed by atoms with Gasteiger partial charge < -0.3 is 19.2 Å². The van der Waals surface area contributed by atoms with E-state index in [1.54, 1.807) is 17.0 Å². The second-order valence-corrected chi connectivity index (χ2v) is 12.3. The van der Waals surface area contributed by atoms with Crippen LogP contribution in [-0.4, -0.2) is 44.2 Å². The van der Waals surface area contributed by atoms with Gasteiger partial charge in [0.25, 0.3) is 5.56 Å². The maximum Gasteiger partial charge on any atom is 0.410 e. The van der Waals surface area contributed by atoms with Gasteiger partial charge in [-0.15, -0.1) is 0 Å². The number of piperidine rings is 1. The maximum absolute atomic E-state index is 13.2. The number of H-pyrrole nitrogens is 1. The number of carbonyl (C=O) groups excluding carboxylic acids is 1. The molecular weight excluding hydrogens is 500 g/mol. The number of nitrogens with one attached hydrogen (secondary N) is 1.